The van der Waals surface area contributed by atoms with Crippen LogP contribution in [0.25, 0.3) is 21.6 Å². The standard InChI is InChI=1S/C37H58N12O16P2/c1-22-23(33(38)56)10-8-17-48(22)36-31(54)29(52)24(63-36)18-61-66(57,58)65-67(59,60)62-19-25-30(53)32(55)37(64-25)49-21-45-28-34(43-20-44-35(28)49)42-15-9-14-41-27(51)11-4-2-6-13-40-26(50)12-5-3-7-16-46-47-39/h8,10,17,20-22,24-25,29-32,36-37,52-55H,2-7,9,11-16,18-19H2,1H3,(H2,38,56)(H,40,50)(H,41,51)(H,57,58)(H,59,60)(H,42,43,44)/t22?,24-,25-,29-,30-,31-,32-,36-,37-/m1/s1. The lowest BCUT2D eigenvalue weighted by atomic mass is 10.0. The summed E-state index contributed by atoms with van der Waals surface area (Å²) >= 11 is 0. The molecule has 0 radical (unpaired) electrons. The number of anilines is 1. The molecule has 11 atom stereocenters. The van der Waals surface area contributed by atoms with Gasteiger partial charge in [-0.1, -0.05) is 24.0 Å². The molecule has 5 rings (SSSR count). The number of amides is 3. The van der Waals surface area contributed by atoms with Crippen molar-refractivity contribution in [2.75, 3.05) is 44.7 Å². The molecule has 2 aromatic rings. The Kier molecular flexibility index (Phi) is 20.0. The Balaban J connectivity index is 1.00. The van der Waals surface area contributed by atoms with Crippen molar-refractivity contribution in [2.24, 2.45) is 10.8 Å². The summed E-state index contributed by atoms with van der Waals surface area (Å²) in [6.45, 7) is 1.48. The topological polar surface area (TPSA) is 411 Å². The van der Waals surface area contributed by atoms with Gasteiger partial charge in [0, 0.05) is 55.7 Å². The number of nitrogens with zero attached hydrogens (tertiary/aromatic N) is 8. The normalized spacial score (nSPS) is 26.6. The van der Waals surface area contributed by atoms with Gasteiger partial charge in [-0.3, -0.25) is 28.0 Å². The molecule has 0 saturated carbocycles. The maximum Gasteiger partial charge on any atom is 0.481 e. The second-order valence-corrected chi connectivity index (χ2v) is 18.8. The van der Waals surface area contributed by atoms with Crippen molar-refractivity contribution >= 4 is 50.3 Å². The maximum absolute atomic E-state index is 12.7. The number of fused-ring (bicyclic) bond motifs is 1. The van der Waals surface area contributed by atoms with Gasteiger partial charge in [0.2, 0.25) is 17.7 Å². The van der Waals surface area contributed by atoms with Crippen molar-refractivity contribution in [3.8, 4) is 0 Å². The monoisotopic (exact) mass is 988 g/mol. The Hall–Kier alpha value is -4.63. The minimum atomic E-state index is -5.45. The number of carbonyl (C=O) groups is 3. The zero-order valence-electron chi connectivity index (χ0n) is 36.5. The number of ether oxygens (including phenoxy) is 2. The number of carbonyl (C=O) groups excluding carboxylic acids is 3. The van der Waals surface area contributed by atoms with Crippen LogP contribution < -0.4 is 21.7 Å². The van der Waals surface area contributed by atoms with Crippen molar-refractivity contribution in [1.29, 1.82) is 0 Å². The maximum atomic E-state index is 12.7. The minimum absolute atomic E-state index is 0.0239. The number of phosphoric ester groups is 2. The van der Waals surface area contributed by atoms with Gasteiger partial charge in [-0.25, -0.2) is 24.1 Å². The fourth-order valence-electron chi connectivity index (χ4n) is 7.36. The zero-order chi connectivity index (χ0) is 48.7. The Morgan fingerprint density at radius 1 is 0.836 bits per heavy atom. The fraction of sp³-hybridized carbons (Fsp3) is 0.676. The quantitative estimate of drug-likeness (QED) is 0.0179. The Labute approximate surface area is 383 Å². The van der Waals surface area contributed by atoms with Gasteiger partial charge >= 0.3 is 15.6 Å². The summed E-state index contributed by atoms with van der Waals surface area (Å²) in [4.78, 5) is 73.3. The molecule has 2 fully saturated rings. The highest BCUT2D eigenvalue weighted by atomic mass is 31.3. The Morgan fingerprint density at radius 3 is 2.06 bits per heavy atom. The van der Waals surface area contributed by atoms with Crippen LogP contribution in [0.5, 0.6) is 0 Å². The van der Waals surface area contributed by atoms with Crippen LogP contribution >= 0.6 is 15.6 Å². The van der Waals surface area contributed by atoms with Gasteiger partial charge in [0.15, 0.2) is 29.4 Å². The summed E-state index contributed by atoms with van der Waals surface area (Å²) in [6.07, 6.45) is 0.568. The second kappa shape index (κ2) is 25.1. The van der Waals surface area contributed by atoms with E-state index in [-0.39, 0.29) is 28.6 Å². The van der Waals surface area contributed by atoms with E-state index in [1.54, 1.807) is 6.92 Å². The third kappa shape index (κ3) is 15.2. The lowest BCUT2D eigenvalue weighted by molar-refractivity contribution is -0.122. The average molecular weight is 989 g/mol. The third-order valence-corrected chi connectivity index (χ3v) is 13.5. The van der Waals surface area contributed by atoms with E-state index in [0.717, 1.165) is 32.1 Å². The molecule has 3 aliphatic heterocycles. The molecule has 5 heterocycles. The summed E-state index contributed by atoms with van der Waals surface area (Å²) in [5.41, 5.74) is 14.3. The summed E-state index contributed by atoms with van der Waals surface area (Å²) in [6, 6.07) is -0.680. The van der Waals surface area contributed by atoms with E-state index in [4.69, 9.17) is 29.8 Å². The van der Waals surface area contributed by atoms with E-state index in [0.29, 0.717) is 57.7 Å². The summed E-state index contributed by atoms with van der Waals surface area (Å²) in [5.74, 6) is -0.524. The molecule has 67 heavy (non-hydrogen) atoms. The van der Waals surface area contributed by atoms with Crippen LogP contribution in [-0.2, 0) is 46.3 Å². The number of aliphatic hydroxyl groups excluding tert-OH is 4. The van der Waals surface area contributed by atoms with Crippen molar-refractivity contribution in [2.45, 2.75) is 120 Å². The largest absolute Gasteiger partial charge is 0.481 e. The number of hydrogen-bond donors (Lipinski definition) is 10. The zero-order valence-corrected chi connectivity index (χ0v) is 38.3. The molecule has 3 amide bonds. The number of aromatic nitrogens is 4. The van der Waals surface area contributed by atoms with Crippen molar-refractivity contribution in [1.82, 2.24) is 35.1 Å². The molecular weight excluding hydrogens is 930 g/mol. The summed E-state index contributed by atoms with van der Waals surface area (Å²) in [7, 11) is -10.9. The van der Waals surface area contributed by atoms with E-state index in [1.807, 2.05) is 0 Å². The van der Waals surface area contributed by atoms with Gasteiger partial charge in [-0.05, 0) is 50.6 Å². The highest BCUT2D eigenvalue weighted by Gasteiger charge is 2.49. The number of rotatable bonds is 28. The van der Waals surface area contributed by atoms with E-state index >= 15 is 0 Å². The van der Waals surface area contributed by atoms with Crippen LogP contribution in [0.1, 0.15) is 70.9 Å². The number of nitrogens with one attached hydrogen (secondary N) is 3. The van der Waals surface area contributed by atoms with Gasteiger partial charge in [-0.2, -0.15) is 4.31 Å². The number of hydrogen-bond acceptors (Lipinski definition) is 20. The van der Waals surface area contributed by atoms with Crippen molar-refractivity contribution in [3.63, 3.8) is 0 Å². The van der Waals surface area contributed by atoms with E-state index in [1.165, 1.54) is 40.5 Å². The van der Waals surface area contributed by atoms with Crippen LogP contribution in [0, 0.1) is 0 Å². The molecule has 28 nitrogen and oxygen atoms in total. The molecular formula is C37H58N12O16P2. The lowest BCUT2D eigenvalue weighted by Gasteiger charge is -2.36. The van der Waals surface area contributed by atoms with Gasteiger partial charge < -0.3 is 66.3 Å². The summed E-state index contributed by atoms with van der Waals surface area (Å²) in [5, 5.41) is 55.1. The molecule has 2 saturated heterocycles. The van der Waals surface area contributed by atoms with Crippen molar-refractivity contribution < 1.29 is 76.6 Å². The van der Waals surface area contributed by atoms with Gasteiger partial charge in [0.1, 0.15) is 43.0 Å². The number of allylic oxidation sites excluding steroid dienone is 2. The number of azide groups is 1. The van der Waals surface area contributed by atoms with Crippen LogP contribution in [0.15, 0.2) is 41.7 Å². The number of phosphoric acid groups is 2. The summed E-state index contributed by atoms with van der Waals surface area (Å²) < 4.78 is 52.1. The molecule has 372 valence electrons. The van der Waals surface area contributed by atoms with Crippen LogP contribution in [0.2, 0.25) is 0 Å². The smallest absolute Gasteiger partial charge is 0.387 e. The number of imidazole rings is 1. The predicted molar refractivity (Wildman–Crippen MR) is 232 cm³/mol. The Bertz CT molecular complexity index is 2210. The molecule has 3 aliphatic rings. The number of aliphatic hydroxyl groups is 4. The molecule has 0 spiro atoms. The molecule has 11 N–H and O–H groups in total. The number of nitrogens with two attached hydrogens (primary N) is 1. The number of primary amides is 1. The Morgan fingerprint density at radius 2 is 1.43 bits per heavy atom. The minimum Gasteiger partial charge on any atom is -0.387 e. The third-order valence-electron chi connectivity index (χ3n) is 10.9. The predicted octanol–water partition coefficient (Wildman–Crippen LogP) is 0.238. The van der Waals surface area contributed by atoms with Crippen LogP contribution in [0.4, 0.5) is 5.82 Å². The average Bonchev–Trinajstić information content (AvgIpc) is 3.93. The molecule has 30 heteroatoms. The number of unbranched alkanes of at least 4 members (excludes halogenated alkanes) is 4. The van der Waals surface area contributed by atoms with E-state index in [9.17, 15) is 53.7 Å². The molecule has 0 aliphatic carbocycles. The van der Waals surface area contributed by atoms with E-state index in [2.05, 4.69) is 45.2 Å². The van der Waals surface area contributed by atoms with E-state index < -0.39 is 89.9 Å². The first-order chi connectivity index (χ1) is 31.9. The van der Waals surface area contributed by atoms with Crippen LogP contribution in [0.3, 0.4) is 0 Å². The highest BCUT2D eigenvalue weighted by Crippen LogP contribution is 2.60. The van der Waals surface area contributed by atoms with Gasteiger partial charge in [0.05, 0.1) is 25.6 Å². The fourth-order valence-corrected chi connectivity index (χ4v) is 9.45. The molecule has 0 bridgehead atoms. The first-order valence-corrected chi connectivity index (χ1v) is 24.5. The van der Waals surface area contributed by atoms with Crippen molar-refractivity contribution in [3.05, 3.63) is 47.0 Å². The first kappa shape index (κ1) is 53.3. The highest BCUT2D eigenvalue weighted by molar-refractivity contribution is 7.61. The second-order valence-electron chi connectivity index (χ2n) is 15.8. The molecule has 2 aromatic heterocycles. The first-order valence-electron chi connectivity index (χ1n) is 21.5. The van der Waals surface area contributed by atoms with Crippen LogP contribution in [-0.4, -0.2) is 161 Å². The SMILES string of the molecule is CC1C(C(N)=O)=CC=CN1[C@@H]1O[C@H](COP(=O)(O)OP(=O)(O)OC[C@H]2O[C@@H](n3cnc4c(NCCCNC(=O)CCCCCNC(=O)CCCCCN=[N+]=[N-])ncnc43)[C@H](O)[C@@H]2O)[C@@H](O)[C@H]1O. The molecule has 3 unspecified atom stereocenters. The molecule has 0 aromatic carbocycles. The van der Waals surface area contributed by atoms with Gasteiger partial charge in [-0.15, -0.1) is 0 Å². The van der Waals surface area contributed by atoms with Gasteiger partial charge in [0.25, 0.3) is 0 Å². The lowest BCUT2D eigenvalue weighted by Crippen LogP contribution is -2.48.